The zero-order valence-electron chi connectivity index (χ0n) is 18.4. The Hall–Kier alpha value is -2.76. The molecule has 0 aliphatic carbocycles. The molecule has 0 radical (unpaired) electrons. The van der Waals surface area contributed by atoms with Crippen LogP contribution in [0.2, 0.25) is 0 Å². The second-order valence-electron chi connectivity index (χ2n) is 8.03. The van der Waals surface area contributed by atoms with Gasteiger partial charge in [0.1, 0.15) is 0 Å². The minimum absolute atomic E-state index is 0.0366. The first kappa shape index (κ1) is 24.9. The lowest BCUT2D eigenvalue weighted by Crippen LogP contribution is -2.35. The molecule has 0 spiro atoms. The molecule has 9 nitrogen and oxygen atoms in total. The summed E-state index contributed by atoms with van der Waals surface area (Å²) in [6.45, 7) is 3.82. The van der Waals surface area contributed by atoms with Crippen LogP contribution in [0.1, 0.15) is 47.4 Å². The second-order valence-corrected chi connectivity index (χ2v) is 12.0. The average Bonchev–Trinajstić information content (AvgIpc) is 3.11. The van der Waals surface area contributed by atoms with Gasteiger partial charge in [0, 0.05) is 17.6 Å². The number of anilines is 1. The van der Waals surface area contributed by atoms with E-state index in [1.165, 1.54) is 24.3 Å². The third-order valence-corrected chi connectivity index (χ3v) is 8.66. The molecule has 11 heteroatoms. The van der Waals surface area contributed by atoms with Crippen LogP contribution in [0.3, 0.4) is 0 Å². The summed E-state index contributed by atoms with van der Waals surface area (Å²) in [5, 5.41) is 5.51. The molecule has 178 valence electrons. The Morgan fingerprint density at radius 3 is 2.48 bits per heavy atom. The molecule has 2 amide bonds. The molecule has 2 aromatic rings. The van der Waals surface area contributed by atoms with Gasteiger partial charge in [0.15, 0.2) is 9.84 Å². The zero-order chi connectivity index (χ0) is 24.2. The maximum Gasteiger partial charge on any atom is 0.255 e. The third-order valence-electron chi connectivity index (χ3n) is 5.37. The largest absolute Gasteiger partial charge is 0.350 e. The van der Waals surface area contributed by atoms with E-state index in [-0.39, 0.29) is 40.3 Å². The quantitative estimate of drug-likeness (QED) is 0.514. The molecule has 0 bridgehead atoms. The van der Waals surface area contributed by atoms with Crippen LogP contribution in [0, 0.1) is 0 Å². The highest BCUT2D eigenvalue weighted by Gasteiger charge is 2.31. The molecular weight excluding hydrogens is 466 g/mol. The molecule has 1 heterocycles. The first-order valence-electron chi connectivity index (χ1n) is 10.5. The number of sulfone groups is 1. The van der Waals surface area contributed by atoms with E-state index in [2.05, 4.69) is 15.4 Å². The fourth-order valence-corrected chi connectivity index (χ4v) is 6.46. The number of rotatable bonds is 8. The van der Waals surface area contributed by atoms with Gasteiger partial charge in [-0.25, -0.2) is 21.6 Å². The van der Waals surface area contributed by atoms with Gasteiger partial charge in [-0.3, -0.25) is 9.59 Å². The van der Waals surface area contributed by atoms with E-state index in [1.54, 1.807) is 24.3 Å². The standard InChI is InChI=1S/C22H27N3O6S2/c1-3-15(2)23-22(27)19-9-4-5-10-20(19)24-21(26)16-7-6-8-18(13-16)33(30,31)25-17-11-12-32(28,29)14-17/h4-10,13,15,17,25H,3,11-12,14H2,1-2H3,(H,23,27)(H,24,26)/t15-,17+/m1/s1. The highest BCUT2D eigenvalue weighted by atomic mass is 32.2. The lowest BCUT2D eigenvalue weighted by Gasteiger charge is -2.15. The van der Waals surface area contributed by atoms with Crippen LogP contribution in [0.25, 0.3) is 0 Å². The number of para-hydroxylation sites is 1. The van der Waals surface area contributed by atoms with Crippen molar-refractivity contribution in [3.8, 4) is 0 Å². The smallest absolute Gasteiger partial charge is 0.255 e. The number of carbonyl (C=O) groups is 2. The Labute approximate surface area is 193 Å². The fourth-order valence-electron chi connectivity index (χ4n) is 3.37. The number of benzene rings is 2. The van der Waals surface area contributed by atoms with Gasteiger partial charge in [-0.1, -0.05) is 25.1 Å². The van der Waals surface area contributed by atoms with Crippen molar-refractivity contribution >= 4 is 37.4 Å². The van der Waals surface area contributed by atoms with E-state index < -0.39 is 31.8 Å². The summed E-state index contributed by atoms with van der Waals surface area (Å²) in [5.74, 6) is -1.22. The SMILES string of the molecule is CC[C@@H](C)NC(=O)c1ccccc1NC(=O)c1cccc(S(=O)(=O)N[C@H]2CCS(=O)(=O)C2)c1. The van der Waals surface area contributed by atoms with Gasteiger partial charge in [0.25, 0.3) is 11.8 Å². The molecule has 33 heavy (non-hydrogen) atoms. The summed E-state index contributed by atoms with van der Waals surface area (Å²) in [5.41, 5.74) is 0.666. The molecule has 1 aliphatic rings. The van der Waals surface area contributed by atoms with Crippen LogP contribution in [-0.2, 0) is 19.9 Å². The third kappa shape index (κ3) is 6.40. The lowest BCUT2D eigenvalue weighted by molar-refractivity contribution is 0.0940. The van der Waals surface area contributed by atoms with Crippen molar-refractivity contribution in [2.24, 2.45) is 0 Å². The molecule has 3 rings (SSSR count). The van der Waals surface area contributed by atoms with E-state index >= 15 is 0 Å². The van der Waals surface area contributed by atoms with Crippen molar-refractivity contribution < 1.29 is 26.4 Å². The molecule has 0 saturated carbocycles. The van der Waals surface area contributed by atoms with Gasteiger partial charge in [0.05, 0.1) is 27.7 Å². The summed E-state index contributed by atoms with van der Waals surface area (Å²) < 4.78 is 51.1. The number of nitrogens with one attached hydrogen (secondary N) is 3. The maximum absolute atomic E-state index is 12.8. The Balaban J connectivity index is 1.78. The fraction of sp³-hybridized carbons (Fsp3) is 0.364. The topological polar surface area (TPSA) is 139 Å². The Kier molecular flexibility index (Phi) is 7.55. The number of hydrogen-bond donors (Lipinski definition) is 3. The molecule has 1 saturated heterocycles. The number of carbonyl (C=O) groups excluding carboxylic acids is 2. The zero-order valence-corrected chi connectivity index (χ0v) is 20.0. The first-order chi connectivity index (χ1) is 15.5. The average molecular weight is 494 g/mol. The Bertz CT molecular complexity index is 1260. The van der Waals surface area contributed by atoms with Crippen molar-refractivity contribution in [2.75, 3.05) is 16.8 Å². The second kappa shape index (κ2) is 10.0. The minimum Gasteiger partial charge on any atom is -0.350 e. The molecule has 0 unspecified atom stereocenters. The first-order valence-corrected chi connectivity index (χ1v) is 13.9. The molecule has 2 aromatic carbocycles. The Morgan fingerprint density at radius 2 is 1.82 bits per heavy atom. The van der Waals surface area contributed by atoms with Crippen molar-refractivity contribution in [3.05, 3.63) is 59.7 Å². The van der Waals surface area contributed by atoms with Crippen LogP contribution in [-0.4, -0.2) is 52.2 Å². The van der Waals surface area contributed by atoms with Gasteiger partial charge in [-0.2, -0.15) is 0 Å². The summed E-state index contributed by atoms with van der Waals surface area (Å²) in [4.78, 5) is 25.2. The number of sulfonamides is 1. The number of amides is 2. The van der Waals surface area contributed by atoms with Crippen LogP contribution >= 0.6 is 0 Å². The maximum atomic E-state index is 12.8. The van der Waals surface area contributed by atoms with Crippen molar-refractivity contribution in [2.45, 2.75) is 43.7 Å². The normalized spacial score (nSPS) is 18.4. The van der Waals surface area contributed by atoms with Crippen LogP contribution in [0.5, 0.6) is 0 Å². The summed E-state index contributed by atoms with van der Waals surface area (Å²) in [6.07, 6.45) is 0.958. The van der Waals surface area contributed by atoms with E-state index in [4.69, 9.17) is 0 Å². The summed E-state index contributed by atoms with van der Waals surface area (Å²) in [6, 6.07) is 11.2. The highest BCUT2D eigenvalue weighted by molar-refractivity contribution is 7.92. The van der Waals surface area contributed by atoms with Crippen molar-refractivity contribution in [1.82, 2.24) is 10.0 Å². The van der Waals surface area contributed by atoms with Crippen LogP contribution < -0.4 is 15.4 Å². The number of hydrogen-bond acceptors (Lipinski definition) is 6. The lowest BCUT2D eigenvalue weighted by atomic mass is 10.1. The van der Waals surface area contributed by atoms with E-state index in [0.717, 1.165) is 6.42 Å². The van der Waals surface area contributed by atoms with E-state index in [1.807, 2.05) is 13.8 Å². The minimum atomic E-state index is -4.02. The highest BCUT2D eigenvalue weighted by Crippen LogP contribution is 2.20. The summed E-state index contributed by atoms with van der Waals surface area (Å²) in [7, 11) is -7.27. The Morgan fingerprint density at radius 1 is 1.09 bits per heavy atom. The van der Waals surface area contributed by atoms with E-state index in [0.29, 0.717) is 11.3 Å². The molecule has 0 aromatic heterocycles. The summed E-state index contributed by atoms with van der Waals surface area (Å²) >= 11 is 0. The monoisotopic (exact) mass is 493 g/mol. The van der Waals surface area contributed by atoms with E-state index in [9.17, 15) is 26.4 Å². The molecule has 3 N–H and O–H groups in total. The van der Waals surface area contributed by atoms with Crippen molar-refractivity contribution in [1.29, 1.82) is 0 Å². The molecular formula is C22H27N3O6S2. The van der Waals surface area contributed by atoms with Gasteiger partial charge < -0.3 is 10.6 Å². The van der Waals surface area contributed by atoms with Gasteiger partial charge >= 0.3 is 0 Å². The molecule has 1 aliphatic heterocycles. The van der Waals surface area contributed by atoms with Crippen molar-refractivity contribution in [3.63, 3.8) is 0 Å². The predicted octanol–water partition coefficient (Wildman–Crippen LogP) is 1.93. The van der Waals surface area contributed by atoms with Crippen LogP contribution in [0.4, 0.5) is 5.69 Å². The van der Waals surface area contributed by atoms with Crippen LogP contribution in [0.15, 0.2) is 53.4 Å². The molecule has 1 fully saturated rings. The molecule has 2 atom stereocenters. The van der Waals surface area contributed by atoms with Gasteiger partial charge in [-0.15, -0.1) is 0 Å². The van der Waals surface area contributed by atoms with Gasteiger partial charge in [-0.05, 0) is 50.1 Å². The predicted molar refractivity (Wildman–Crippen MR) is 125 cm³/mol. The van der Waals surface area contributed by atoms with Gasteiger partial charge in [0.2, 0.25) is 10.0 Å².